The van der Waals surface area contributed by atoms with Crippen LogP contribution in [0.15, 0.2) is 42.2 Å². The number of rotatable bonds is 6. The molecule has 1 saturated heterocycles. The van der Waals surface area contributed by atoms with Crippen LogP contribution in [0.1, 0.15) is 55.4 Å². The zero-order valence-electron chi connectivity index (χ0n) is 17.3. The second kappa shape index (κ2) is 9.69. The fraction of sp³-hybridized carbons (Fsp3) is 0.478. The van der Waals surface area contributed by atoms with E-state index in [0.29, 0.717) is 31.0 Å². The molecule has 3 heterocycles. The maximum absolute atomic E-state index is 12.9. The number of carbonyl (C=O) groups excluding carboxylic acids is 2. The van der Waals surface area contributed by atoms with Gasteiger partial charge in [-0.25, -0.2) is 0 Å². The number of amides is 2. The number of allylic oxidation sites excluding steroid dienone is 1. The molecule has 0 spiro atoms. The Kier molecular flexibility index (Phi) is 6.57. The van der Waals surface area contributed by atoms with Crippen LogP contribution in [0.2, 0.25) is 0 Å². The molecule has 4 rings (SSSR count). The molecular weight excluding hydrogens is 378 g/mol. The van der Waals surface area contributed by atoms with E-state index < -0.39 is 0 Å². The molecule has 7 heteroatoms. The average molecular weight is 408 g/mol. The number of hydrogen-bond acceptors (Lipinski definition) is 4. The number of nitrogens with zero attached hydrogens (tertiary/aromatic N) is 3. The molecule has 2 aliphatic rings. The molecule has 1 fully saturated rings. The van der Waals surface area contributed by atoms with Crippen LogP contribution in [0, 0.1) is 5.92 Å². The van der Waals surface area contributed by atoms with Gasteiger partial charge in [-0.2, -0.15) is 5.10 Å². The van der Waals surface area contributed by atoms with Crippen LogP contribution >= 0.6 is 0 Å². The normalized spacial score (nSPS) is 19.3. The van der Waals surface area contributed by atoms with Crippen molar-refractivity contribution in [2.75, 3.05) is 19.6 Å². The van der Waals surface area contributed by atoms with Crippen molar-refractivity contribution in [1.82, 2.24) is 25.4 Å². The van der Waals surface area contributed by atoms with E-state index in [2.05, 4.69) is 26.6 Å². The Morgan fingerprint density at radius 2 is 2.20 bits per heavy atom. The van der Waals surface area contributed by atoms with Crippen molar-refractivity contribution in [1.29, 1.82) is 0 Å². The number of piperidine rings is 1. The highest BCUT2D eigenvalue weighted by molar-refractivity contribution is 5.94. The smallest absolute Gasteiger partial charge is 0.271 e. The fourth-order valence-electron chi connectivity index (χ4n) is 4.26. The van der Waals surface area contributed by atoms with Gasteiger partial charge in [-0.05, 0) is 63.1 Å². The lowest BCUT2D eigenvalue weighted by Gasteiger charge is -2.31. The first-order valence-corrected chi connectivity index (χ1v) is 10.9. The van der Waals surface area contributed by atoms with Gasteiger partial charge in [0.2, 0.25) is 5.91 Å². The van der Waals surface area contributed by atoms with Crippen LogP contribution in [-0.4, -0.2) is 51.5 Å². The maximum Gasteiger partial charge on any atom is 0.271 e. The van der Waals surface area contributed by atoms with Gasteiger partial charge in [0.05, 0.1) is 11.6 Å². The Morgan fingerprint density at radius 3 is 3.00 bits per heavy atom. The zero-order chi connectivity index (χ0) is 20.8. The molecule has 0 unspecified atom stereocenters. The van der Waals surface area contributed by atoms with E-state index in [0.717, 1.165) is 31.2 Å². The van der Waals surface area contributed by atoms with Crippen molar-refractivity contribution in [3.8, 4) is 11.3 Å². The third kappa shape index (κ3) is 4.96. The summed E-state index contributed by atoms with van der Waals surface area (Å²) < 4.78 is 0. The Labute approximate surface area is 177 Å². The number of hydrogen-bond donors (Lipinski definition) is 2. The molecule has 0 aromatic carbocycles. The Balaban J connectivity index is 1.31. The number of H-pyrrole nitrogens is 1. The van der Waals surface area contributed by atoms with Gasteiger partial charge >= 0.3 is 0 Å². The van der Waals surface area contributed by atoms with Gasteiger partial charge in [0, 0.05) is 37.6 Å². The molecule has 2 aromatic rings. The van der Waals surface area contributed by atoms with E-state index >= 15 is 0 Å². The summed E-state index contributed by atoms with van der Waals surface area (Å²) in [5.74, 6) is -0.198. The number of aromatic nitrogens is 3. The number of likely N-dealkylation sites (tertiary alicyclic amines) is 1. The highest BCUT2D eigenvalue weighted by atomic mass is 16.2. The summed E-state index contributed by atoms with van der Waals surface area (Å²) in [5, 5.41) is 10.2. The van der Waals surface area contributed by atoms with Gasteiger partial charge in [-0.1, -0.05) is 11.6 Å². The van der Waals surface area contributed by atoms with Crippen molar-refractivity contribution in [3.05, 3.63) is 47.9 Å². The first kappa shape index (κ1) is 20.3. The lowest BCUT2D eigenvalue weighted by Crippen LogP contribution is -2.45. The second-order valence-corrected chi connectivity index (χ2v) is 8.15. The van der Waals surface area contributed by atoms with E-state index in [9.17, 15) is 9.59 Å². The molecule has 1 atom stereocenters. The number of pyridine rings is 1. The van der Waals surface area contributed by atoms with Crippen LogP contribution in [0.4, 0.5) is 0 Å². The molecular formula is C23H29N5O2. The molecule has 2 aromatic heterocycles. The molecule has 0 saturated carbocycles. The Hall–Kier alpha value is -2.96. The summed E-state index contributed by atoms with van der Waals surface area (Å²) in [7, 11) is 0. The van der Waals surface area contributed by atoms with Gasteiger partial charge in [-0.15, -0.1) is 0 Å². The molecule has 7 nitrogen and oxygen atoms in total. The summed E-state index contributed by atoms with van der Waals surface area (Å²) in [6.07, 6.45) is 13.2. The quantitative estimate of drug-likeness (QED) is 0.719. The standard InChI is InChI=1S/C23H29N5O2/c29-22(25-12-10-17-6-2-1-3-7-17)19-9-5-13-28(16-19)23(30)21-14-20(26-27-21)18-8-4-11-24-15-18/h4,6,8,11,14-15,19H,1-3,5,7,9-10,12-13,16H2,(H,25,29)(H,26,27)/t19-/m0/s1. The molecule has 30 heavy (non-hydrogen) atoms. The summed E-state index contributed by atoms with van der Waals surface area (Å²) in [6, 6.07) is 5.49. The predicted octanol–water partition coefficient (Wildman–Crippen LogP) is 3.33. The lowest BCUT2D eigenvalue weighted by molar-refractivity contribution is -0.126. The third-order valence-electron chi connectivity index (χ3n) is 5.98. The van der Waals surface area contributed by atoms with E-state index in [4.69, 9.17) is 0 Å². The van der Waals surface area contributed by atoms with Gasteiger partial charge in [0.25, 0.3) is 5.91 Å². The van der Waals surface area contributed by atoms with Crippen LogP contribution in [0.25, 0.3) is 11.3 Å². The monoisotopic (exact) mass is 407 g/mol. The van der Waals surface area contributed by atoms with E-state index in [1.54, 1.807) is 23.4 Å². The topological polar surface area (TPSA) is 91.0 Å². The first-order valence-electron chi connectivity index (χ1n) is 10.9. The SMILES string of the molecule is O=C(NCCC1=CCCCC1)[C@H]1CCCN(C(=O)c2cc(-c3cccnc3)n[nH]2)C1. The molecule has 1 aliphatic heterocycles. The second-order valence-electron chi connectivity index (χ2n) is 8.15. The van der Waals surface area contributed by atoms with Gasteiger partial charge in [0.1, 0.15) is 5.69 Å². The third-order valence-corrected chi connectivity index (χ3v) is 5.98. The van der Waals surface area contributed by atoms with E-state index in [-0.39, 0.29) is 17.7 Å². The number of aromatic amines is 1. The number of carbonyl (C=O) groups is 2. The largest absolute Gasteiger partial charge is 0.355 e. The predicted molar refractivity (Wildman–Crippen MR) is 115 cm³/mol. The minimum absolute atomic E-state index is 0.0598. The van der Waals surface area contributed by atoms with Crippen molar-refractivity contribution < 1.29 is 9.59 Å². The van der Waals surface area contributed by atoms with Crippen molar-refractivity contribution in [2.45, 2.75) is 44.9 Å². The van der Waals surface area contributed by atoms with Gasteiger partial charge in [-0.3, -0.25) is 19.7 Å². The summed E-state index contributed by atoms with van der Waals surface area (Å²) in [6.45, 7) is 1.80. The molecule has 0 bridgehead atoms. The summed E-state index contributed by atoms with van der Waals surface area (Å²) in [4.78, 5) is 31.4. The van der Waals surface area contributed by atoms with Crippen LogP contribution < -0.4 is 5.32 Å². The lowest BCUT2D eigenvalue weighted by atomic mass is 9.95. The minimum atomic E-state index is -0.149. The fourth-order valence-corrected chi connectivity index (χ4v) is 4.26. The number of nitrogens with one attached hydrogen (secondary N) is 2. The van der Waals surface area contributed by atoms with Crippen LogP contribution in [-0.2, 0) is 4.79 Å². The highest BCUT2D eigenvalue weighted by Crippen LogP contribution is 2.22. The van der Waals surface area contributed by atoms with E-state index in [1.165, 1.54) is 24.8 Å². The summed E-state index contributed by atoms with van der Waals surface area (Å²) in [5.41, 5.74) is 3.45. The minimum Gasteiger partial charge on any atom is -0.355 e. The summed E-state index contributed by atoms with van der Waals surface area (Å²) >= 11 is 0. The van der Waals surface area contributed by atoms with E-state index in [1.807, 2.05) is 12.1 Å². The van der Waals surface area contributed by atoms with Crippen molar-refractivity contribution in [3.63, 3.8) is 0 Å². The average Bonchev–Trinajstić information content (AvgIpc) is 3.30. The van der Waals surface area contributed by atoms with Gasteiger partial charge < -0.3 is 10.2 Å². The Bertz CT molecular complexity index is 905. The molecule has 2 amide bonds. The maximum atomic E-state index is 12.9. The van der Waals surface area contributed by atoms with Crippen LogP contribution in [0.5, 0.6) is 0 Å². The first-order chi connectivity index (χ1) is 14.7. The van der Waals surface area contributed by atoms with Crippen molar-refractivity contribution in [2.24, 2.45) is 5.92 Å². The zero-order valence-corrected chi connectivity index (χ0v) is 17.3. The van der Waals surface area contributed by atoms with Crippen molar-refractivity contribution >= 4 is 11.8 Å². The highest BCUT2D eigenvalue weighted by Gasteiger charge is 2.29. The molecule has 1 aliphatic carbocycles. The molecule has 158 valence electrons. The Morgan fingerprint density at radius 1 is 1.27 bits per heavy atom. The van der Waals surface area contributed by atoms with Crippen LogP contribution in [0.3, 0.4) is 0 Å². The molecule has 0 radical (unpaired) electrons. The van der Waals surface area contributed by atoms with Gasteiger partial charge in [0.15, 0.2) is 0 Å². The molecule has 2 N–H and O–H groups in total.